The van der Waals surface area contributed by atoms with E-state index in [0.717, 1.165) is 6.92 Å². The molecule has 0 fully saturated rings. The first-order valence-electron chi connectivity index (χ1n) is 5.20. The van der Waals surface area contributed by atoms with Gasteiger partial charge in [0, 0.05) is 0 Å². The van der Waals surface area contributed by atoms with Crippen molar-refractivity contribution in [2.24, 2.45) is 5.92 Å². The lowest BCUT2D eigenvalue weighted by Gasteiger charge is -2.15. The molecule has 0 bridgehead atoms. The molecule has 0 amide bonds. The summed E-state index contributed by atoms with van der Waals surface area (Å²) in [6, 6.07) is 8.16. The summed E-state index contributed by atoms with van der Waals surface area (Å²) in [5.41, 5.74) is 0.340. The van der Waals surface area contributed by atoms with Crippen molar-refractivity contribution in [3.63, 3.8) is 0 Å². The van der Waals surface area contributed by atoms with Crippen LogP contribution in [0.15, 0.2) is 30.3 Å². The molecule has 1 rings (SSSR count). The van der Waals surface area contributed by atoms with E-state index in [4.69, 9.17) is 4.74 Å². The molecule has 2 nitrogen and oxygen atoms in total. The normalized spacial score (nSPS) is 13.2. The number of rotatable bonds is 4. The quantitative estimate of drug-likeness (QED) is 0.761. The molecule has 1 aromatic rings. The summed E-state index contributed by atoms with van der Waals surface area (Å²) in [6.07, 6.45) is -4.46. The van der Waals surface area contributed by atoms with Crippen molar-refractivity contribution < 1.29 is 22.7 Å². The fourth-order valence-corrected chi connectivity index (χ4v) is 1.15. The van der Waals surface area contributed by atoms with Crippen LogP contribution < -0.4 is 0 Å². The summed E-state index contributed by atoms with van der Waals surface area (Å²) in [5.74, 6) is -2.06. The van der Waals surface area contributed by atoms with Gasteiger partial charge in [-0.15, -0.1) is 0 Å². The molecular weight excluding hydrogens is 233 g/mol. The number of alkyl halides is 3. The maximum atomic E-state index is 12.2. The standard InChI is InChI=1S/C12H13F3O2/c1-9(12(13,14)15)7-8-17-11(16)10-5-3-2-4-6-10/h2-6,9H,7-8H2,1H3. The van der Waals surface area contributed by atoms with E-state index in [9.17, 15) is 18.0 Å². The third-order valence-corrected chi connectivity index (χ3v) is 2.35. The first-order chi connectivity index (χ1) is 7.91. The zero-order chi connectivity index (χ0) is 12.9. The molecule has 0 spiro atoms. The van der Waals surface area contributed by atoms with Gasteiger partial charge in [-0.3, -0.25) is 0 Å². The van der Waals surface area contributed by atoms with Crippen molar-refractivity contribution in [2.45, 2.75) is 19.5 Å². The van der Waals surface area contributed by atoms with Crippen molar-refractivity contribution in [3.05, 3.63) is 35.9 Å². The molecule has 1 aromatic carbocycles. The molecule has 1 atom stereocenters. The third-order valence-electron chi connectivity index (χ3n) is 2.35. The Labute approximate surface area is 97.4 Å². The first kappa shape index (κ1) is 13.5. The summed E-state index contributed by atoms with van der Waals surface area (Å²) >= 11 is 0. The zero-order valence-electron chi connectivity index (χ0n) is 9.33. The molecule has 1 unspecified atom stereocenters. The number of carbonyl (C=O) groups excluding carboxylic acids is 1. The van der Waals surface area contributed by atoms with Gasteiger partial charge in [-0.1, -0.05) is 25.1 Å². The highest BCUT2D eigenvalue weighted by Gasteiger charge is 2.35. The van der Waals surface area contributed by atoms with Crippen molar-refractivity contribution in [1.82, 2.24) is 0 Å². The molecule has 17 heavy (non-hydrogen) atoms. The molecule has 0 radical (unpaired) electrons. The van der Waals surface area contributed by atoms with E-state index in [0.29, 0.717) is 5.56 Å². The van der Waals surface area contributed by atoms with Crippen LogP contribution in [-0.2, 0) is 4.74 Å². The van der Waals surface area contributed by atoms with E-state index in [-0.39, 0.29) is 13.0 Å². The summed E-state index contributed by atoms with van der Waals surface area (Å²) in [5, 5.41) is 0. The van der Waals surface area contributed by atoms with Gasteiger partial charge in [0.05, 0.1) is 18.1 Å². The van der Waals surface area contributed by atoms with Gasteiger partial charge < -0.3 is 4.74 Å². The van der Waals surface area contributed by atoms with Crippen LogP contribution in [0.2, 0.25) is 0 Å². The minimum atomic E-state index is -4.24. The Balaban J connectivity index is 2.35. The molecule has 0 aliphatic heterocycles. The zero-order valence-corrected chi connectivity index (χ0v) is 9.33. The second-order valence-corrected chi connectivity index (χ2v) is 3.73. The van der Waals surface area contributed by atoms with Gasteiger partial charge in [0.25, 0.3) is 0 Å². The van der Waals surface area contributed by atoms with E-state index >= 15 is 0 Å². The number of hydrogen-bond acceptors (Lipinski definition) is 2. The van der Waals surface area contributed by atoms with Crippen LogP contribution in [0.5, 0.6) is 0 Å². The molecule has 0 aromatic heterocycles. The molecule has 0 heterocycles. The van der Waals surface area contributed by atoms with Crippen molar-refractivity contribution in [3.8, 4) is 0 Å². The second kappa shape index (κ2) is 5.70. The Bertz CT molecular complexity index is 360. The van der Waals surface area contributed by atoms with Crippen LogP contribution in [0.25, 0.3) is 0 Å². The maximum absolute atomic E-state index is 12.2. The van der Waals surface area contributed by atoms with Crippen molar-refractivity contribution in [2.75, 3.05) is 6.61 Å². The Morgan fingerprint density at radius 3 is 2.41 bits per heavy atom. The Hall–Kier alpha value is -1.52. The number of carbonyl (C=O) groups is 1. The monoisotopic (exact) mass is 246 g/mol. The van der Waals surface area contributed by atoms with Crippen molar-refractivity contribution in [1.29, 1.82) is 0 Å². The number of benzene rings is 1. The minimum absolute atomic E-state index is 0.220. The molecular formula is C12H13F3O2. The van der Waals surface area contributed by atoms with E-state index in [2.05, 4.69) is 0 Å². The van der Waals surface area contributed by atoms with Crippen LogP contribution in [0.3, 0.4) is 0 Å². The fourth-order valence-electron chi connectivity index (χ4n) is 1.15. The number of ether oxygens (including phenoxy) is 1. The first-order valence-corrected chi connectivity index (χ1v) is 5.20. The highest BCUT2D eigenvalue weighted by Crippen LogP contribution is 2.28. The number of esters is 1. The van der Waals surface area contributed by atoms with Crippen LogP contribution in [0.4, 0.5) is 13.2 Å². The van der Waals surface area contributed by atoms with Gasteiger partial charge in [0.2, 0.25) is 0 Å². The van der Waals surface area contributed by atoms with Crippen LogP contribution >= 0.6 is 0 Å². The van der Waals surface area contributed by atoms with E-state index in [1.54, 1.807) is 30.3 Å². The molecule has 0 saturated carbocycles. The van der Waals surface area contributed by atoms with Crippen LogP contribution in [0, 0.1) is 5.92 Å². The lowest BCUT2D eigenvalue weighted by Crippen LogP contribution is -2.22. The minimum Gasteiger partial charge on any atom is -0.462 e. The second-order valence-electron chi connectivity index (χ2n) is 3.73. The van der Waals surface area contributed by atoms with E-state index < -0.39 is 18.1 Å². The Morgan fingerprint density at radius 1 is 1.29 bits per heavy atom. The fraction of sp³-hybridized carbons (Fsp3) is 0.417. The SMILES string of the molecule is CC(CCOC(=O)c1ccccc1)C(F)(F)F. The predicted molar refractivity (Wildman–Crippen MR) is 56.6 cm³/mol. The predicted octanol–water partition coefficient (Wildman–Crippen LogP) is 3.43. The molecule has 0 aliphatic rings. The molecule has 0 saturated heterocycles. The molecule has 94 valence electrons. The average molecular weight is 246 g/mol. The van der Waals surface area contributed by atoms with Crippen LogP contribution in [-0.4, -0.2) is 18.8 Å². The summed E-state index contributed by atoms with van der Waals surface area (Å²) in [4.78, 5) is 11.4. The summed E-state index contributed by atoms with van der Waals surface area (Å²) in [7, 11) is 0. The van der Waals surface area contributed by atoms with E-state index in [1.165, 1.54) is 0 Å². The van der Waals surface area contributed by atoms with Gasteiger partial charge in [-0.05, 0) is 18.6 Å². The summed E-state index contributed by atoms with van der Waals surface area (Å²) in [6.45, 7) is 0.838. The Kier molecular flexibility index (Phi) is 4.54. The van der Waals surface area contributed by atoms with Crippen LogP contribution in [0.1, 0.15) is 23.7 Å². The average Bonchev–Trinajstić information content (AvgIpc) is 2.28. The Morgan fingerprint density at radius 2 is 1.88 bits per heavy atom. The highest BCUT2D eigenvalue weighted by atomic mass is 19.4. The number of halogens is 3. The third kappa shape index (κ3) is 4.46. The van der Waals surface area contributed by atoms with Gasteiger partial charge in [0.15, 0.2) is 0 Å². The topological polar surface area (TPSA) is 26.3 Å². The smallest absolute Gasteiger partial charge is 0.391 e. The molecule has 0 aliphatic carbocycles. The van der Waals surface area contributed by atoms with Gasteiger partial charge in [-0.2, -0.15) is 13.2 Å². The maximum Gasteiger partial charge on any atom is 0.391 e. The molecule has 5 heteroatoms. The lowest BCUT2D eigenvalue weighted by molar-refractivity contribution is -0.173. The number of hydrogen-bond donors (Lipinski definition) is 0. The lowest BCUT2D eigenvalue weighted by atomic mass is 10.1. The van der Waals surface area contributed by atoms with E-state index in [1.807, 2.05) is 0 Å². The van der Waals surface area contributed by atoms with Gasteiger partial charge in [-0.25, -0.2) is 4.79 Å². The van der Waals surface area contributed by atoms with Crippen molar-refractivity contribution >= 4 is 5.97 Å². The van der Waals surface area contributed by atoms with Gasteiger partial charge in [0.1, 0.15) is 0 Å². The van der Waals surface area contributed by atoms with Gasteiger partial charge >= 0.3 is 12.1 Å². The largest absolute Gasteiger partial charge is 0.462 e. The summed E-state index contributed by atoms with van der Waals surface area (Å²) < 4.78 is 41.2. The highest BCUT2D eigenvalue weighted by molar-refractivity contribution is 5.89. The molecule has 0 N–H and O–H groups in total.